The van der Waals surface area contributed by atoms with Gasteiger partial charge in [0.25, 0.3) is 0 Å². The number of hydrogen-bond acceptors (Lipinski definition) is 4. The number of anilines is 2. The zero-order chi connectivity index (χ0) is 16.7. The summed E-state index contributed by atoms with van der Waals surface area (Å²) in [6.45, 7) is 9.41. The summed E-state index contributed by atoms with van der Waals surface area (Å²) in [5.41, 5.74) is 1.73. The quantitative estimate of drug-likeness (QED) is 0.825. The molecule has 126 valence electrons. The van der Waals surface area contributed by atoms with Crippen LogP contribution in [0.4, 0.5) is 16.2 Å². The molecule has 5 heteroatoms. The third-order valence-electron chi connectivity index (χ3n) is 4.68. The minimum Gasteiger partial charge on any atom is -0.444 e. The SMILES string of the molecule is CC(C)(C)OC(=O)N1CCC(C2(C)Nc3ccccc3N2)CC1. The van der Waals surface area contributed by atoms with Gasteiger partial charge in [-0.25, -0.2) is 4.79 Å². The van der Waals surface area contributed by atoms with E-state index in [2.05, 4.69) is 29.7 Å². The molecule has 0 spiro atoms. The number of carbonyl (C=O) groups is 1. The van der Waals surface area contributed by atoms with E-state index in [9.17, 15) is 4.79 Å². The van der Waals surface area contributed by atoms with Gasteiger partial charge < -0.3 is 20.3 Å². The second-order valence-electron chi connectivity index (χ2n) is 7.74. The molecule has 0 saturated carbocycles. The van der Waals surface area contributed by atoms with Crippen LogP contribution in [0.1, 0.15) is 40.5 Å². The molecule has 0 bridgehead atoms. The summed E-state index contributed by atoms with van der Waals surface area (Å²) in [5.74, 6) is 0.466. The Labute approximate surface area is 138 Å². The molecule has 0 aliphatic carbocycles. The second kappa shape index (κ2) is 5.62. The van der Waals surface area contributed by atoms with Crippen LogP contribution < -0.4 is 10.6 Å². The van der Waals surface area contributed by atoms with E-state index < -0.39 is 5.60 Å². The number of para-hydroxylation sites is 2. The molecule has 3 rings (SSSR count). The van der Waals surface area contributed by atoms with Crippen molar-refractivity contribution in [1.82, 2.24) is 4.90 Å². The lowest BCUT2D eigenvalue weighted by molar-refractivity contribution is 0.0165. The molecule has 23 heavy (non-hydrogen) atoms. The van der Waals surface area contributed by atoms with Crippen LogP contribution in [-0.4, -0.2) is 35.3 Å². The van der Waals surface area contributed by atoms with Crippen molar-refractivity contribution in [2.24, 2.45) is 5.92 Å². The summed E-state index contributed by atoms with van der Waals surface area (Å²) in [6.07, 6.45) is 1.73. The summed E-state index contributed by atoms with van der Waals surface area (Å²) >= 11 is 0. The smallest absolute Gasteiger partial charge is 0.410 e. The minimum absolute atomic E-state index is 0.149. The van der Waals surface area contributed by atoms with Crippen LogP contribution in [0.2, 0.25) is 0 Å². The molecule has 2 aliphatic rings. The largest absolute Gasteiger partial charge is 0.444 e. The van der Waals surface area contributed by atoms with E-state index in [-0.39, 0.29) is 11.8 Å². The number of nitrogens with zero attached hydrogens (tertiary/aromatic N) is 1. The lowest BCUT2D eigenvalue weighted by atomic mass is 9.85. The first-order valence-corrected chi connectivity index (χ1v) is 8.40. The number of fused-ring (bicyclic) bond motifs is 1. The zero-order valence-corrected chi connectivity index (χ0v) is 14.5. The number of carbonyl (C=O) groups excluding carboxylic acids is 1. The van der Waals surface area contributed by atoms with Gasteiger partial charge >= 0.3 is 6.09 Å². The molecule has 1 amide bonds. The maximum absolute atomic E-state index is 12.2. The maximum Gasteiger partial charge on any atom is 0.410 e. The maximum atomic E-state index is 12.2. The highest BCUT2D eigenvalue weighted by molar-refractivity contribution is 5.76. The Bertz CT molecular complexity index is 561. The lowest BCUT2D eigenvalue weighted by Gasteiger charge is -2.41. The Morgan fingerprint density at radius 1 is 1.17 bits per heavy atom. The van der Waals surface area contributed by atoms with Crippen molar-refractivity contribution in [3.63, 3.8) is 0 Å². The summed E-state index contributed by atoms with van der Waals surface area (Å²) in [5, 5.41) is 7.23. The first kappa shape index (κ1) is 16.0. The monoisotopic (exact) mass is 317 g/mol. The number of amides is 1. The number of ether oxygens (including phenoxy) is 1. The average Bonchev–Trinajstić information content (AvgIpc) is 2.83. The fraction of sp³-hybridized carbons (Fsp3) is 0.611. The van der Waals surface area contributed by atoms with Crippen LogP contribution >= 0.6 is 0 Å². The van der Waals surface area contributed by atoms with E-state index in [4.69, 9.17) is 4.74 Å². The van der Waals surface area contributed by atoms with Crippen molar-refractivity contribution in [3.8, 4) is 0 Å². The molecule has 1 saturated heterocycles. The Morgan fingerprint density at radius 3 is 2.17 bits per heavy atom. The second-order valence-corrected chi connectivity index (χ2v) is 7.74. The van der Waals surface area contributed by atoms with Gasteiger partial charge in [0.2, 0.25) is 0 Å². The molecule has 2 aliphatic heterocycles. The number of nitrogens with one attached hydrogen (secondary N) is 2. The van der Waals surface area contributed by atoms with Crippen molar-refractivity contribution >= 4 is 17.5 Å². The Hall–Kier alpha value is -1.91. The summed E-state index contributed by atoms with van der Waals surface area (Å²) in [7, 11) is 0. The fourth-order valence-corrected chi connectivity index (χ4v) is 3.46. The van der Waals surface area contributed by atoms with Crippen LogP contribution in [0, 0.1) is 5.92 Å². The van der Waals surface area contributed by atoms with Gasteiger partial charge in [-0.05, 0) is 52.7 Å². The van der Waals surface area contributed by atoms with E-state index in [1.165, 1.54) is 0 Å². The van der Waals surface area contributed by atoms with Crippen LogP contribution in [0.3, 0.4) is 0 Å². The first-order chi connectivity index (χ1) is 10.8. The topological polar surface area (TPSA) is 53.6 Å². The molecule has 1 fully saturated rings. The molecule has 1 aromatic carbocycles. The van der Waals surface area contributed by atoms with Crippen LogP contribution in [-0.2, 0) is 4.74 Å². The molecule has 0 unspecified atom stereocenters. The first-order valence-electron chi connectivity index (χ1n) is 8.40. The highest BCUT2D eigenvalue weighted by Gasteiger charge is 2.41. The average molecular weight is 317 g/mol. The summed E-state index contributed by atoms with van der Waals surface area (Å²) in [4.78, 5) is 14.0. The zero-order valence-electron chi connectivity index (χ0n) is 14.5. The van der Waals surface area contributed by atoms with Gasteiger partial charge in [0.15, 0.2) is 0 Å². The number of likely N-dealkylation sites (tertiary alicyclic amines) is 1. The van der Waals surface area contributed by atoms with Gasteiger partial charge in [0.05, 0.1) is 11.4 Å². The number of hydrogen-bond donors (Lipinski definition) is 2. The van der Waals surface area contributed by atoms with Crippen molar-refractivity contribution in [2.45, 2.75) is 51.8 Å². The normalized spacial score (nSPS) is 20.4. The number of benzene rings is 1. The van der Waals surface area contributed by atoms with E-state index in [1.807, 2.05) is 37.8 Å². The Kier molecular flexibility index (Phi) is 3.90. The number of piperidine rings is 1. The molecular weight excluding hydrogens is 290 g/mol. The highest BCUT2D eigenvalue weighted by Crippen LogP contribution is 2.40. The summed E-state index contributed by atoms with van der Waals surface area (Å²) in [6, 6.07) is 8.29. The Balaban J connectivity index is 1.59. The van der Waals surface area contributed by atoms with E-state index in [0.29, 0.717) is 5.92 Å². The van der Waals surface area contributed by atoms with Crippen molar-refractivity contribution in [3.05, 3.63) is 24.3 Å². The number of rotatable bonds is 1. The lowest BCUT2D eigenvalue weighted by Crippen LogP contribution is -2.51. The Morgan fingerprint density at radius 2 is 1.70 bits per heavy atom. The standard InChI is InChI=1S/C18H27N3O2/c1-17(2,3)23-16(22)21-11-9-13(10-12-21)18(4)19-14-7-5-6-8-15(14)20-18/h5-8,13,19-20H,9-12H2,1-4H3. The fourth-order valence-electron chi connectivity index (χ4n) is 3.46. The molecule has 1 aromatic rings. The third kappa shape index (κ3) is 3.38. The van der Waals surface area contributed by atoms with Crippen molar-refractivity contribution in [1.29, 1.82) is 0 Å². The van der Waals surface area contributed by atoms with Gasteiger partial charge in [-0.2, -0.15) is 0 Å². The minimum atomic E-state index is -0.434. The summed E-state index contributed by atoms with van der Waals surface area (Å²) < 4.78 is 5.47. The van der Waals surface area contributed by atoms with E-state index in [0.717, 1.165) is 37.3 Å². The molecule has 5 nitrogen and oxygen atoms in total. The van der Waals surface area contributed by atoms with Crippen LogP contribution in [0.15, 0.2) is 24.3 Å². The third-order valence-corrected chi connectivity index (χ3v) is 4.68. The van der Waals surface area contributed by atoms with E-state index >= 15 is 0 Å². The van der Waals surface area contributed by atoms with Gasteiger partial charge in [-0.1, -0.05) is 12.1 Å². The molecule has 0 atom stereocenters. The predicted octanol–water partition coefficient (Wildman–Crippen LogP) is 3.89. The molecule has 2 heterocycles. The van der Waals surface area contributed by atoms with Gasteiger partial charge in [-0.15, -0.1) is 0 Å². The van der Waals surface area contributed by atoms with Crippen molar-refractivity contribution < 1.29 is 9.53 Å². The molecule has 0 aromatic heterocycles. The highest BCUT2D eigenvalue weighted by atomic mass is 16.6. The van der Waals surface area contributed by atoms with Crippen LogP contribution in [0.5, 0.6) is 0 Å². The van der Waals surface area contributed by atoms with Gasteiger partial charge in [0, 0.05) is 19.0 Å². The van der Waals surface area contributed by atoms with Gasteiger partial charge in [-0.3, -0.25) is 0 Å². The molecule has 0 radical (unpaired) electrons. The molecular formula is C18H27N3O2. The van der Waals surface area contributed by atoms with Crippen LogP contribution in [0.25, 0.3) is 0 Å². The van der Waals surface area contributed by atoms with E-state index in [1.54, 1.807) is 0 Å². The predicted molar refractivity (Wildman–Crippen MR) is 92.6 cm³/mol. The van der Waals surface area contributed by atoms with Gasteiger partial charge in [0.1, 0.15) is 11.3 Å². The molecule has 2 N–H and O–H groups in total. The van der Waals surface area contributed by atoms with Crippen molar-refractivity contribution in [2.75, 3.05) is 23.7 Å².